The van der Waals surface area contributed by atoms with Crippen LogP contribution in [0.2, 0.25) is 0 Å². The van der Waals surface area contributed by atoms with Gasteiger partial charge in [-0.1, -0.05) is 54.6 Å². The van der Waals surface area contributed by atoms with E-state index in [1.165, 1.54) is 0 Å². The zero-order valence-electron chi connectivity index (χ0n) is 19.5. The van der Waals surface area contributed by atoms with E-state index in [1.54, 1.807) is 25.1 Å². The fourth-order valence-electron chi connectivity index (χ4n) is 5.10. The lowest BCUT2D eigenvalue weighted by atomic mass is 9.79. The van der Waals surface area contributed by atoms with Crippen molar-refractivity contribution >= 4 is 22.7 Å². The molecule has 34 heavy (non-hydrogen) atoms. The Labute approximate surface area is 198 Å². The second-order valence-electron chi connectivity index (χ2n) is 8.67. The van der Waals surface area contributed by atoms with E-state index in [0.717, 1.165) is 33.3 Å². The highest BCUT2D eigenvalue weighted by Crippen LogP contribution is 2.44. The first-order valence-corrected chi connectivity index (χ1v) is 11.3. The van der Waals surface area contributed by atoms with Gasteiger partial charge in [0.05, 0.1) is 19.1 Å². The van der Waals surface area contributed by atoms with Crippen molar-refractivity contribution in [1.29, 1.82) is 0 Å². The summed E-state index contributed by atoms with van der Waals surface area (Å²) in [7, 11) is 5.39. The lowest BCUT2D eigenvalue weighted by Gasteiger charge is -2.39. The minimum absolute atomic E-state index is 0.0812. The Morgan fingerprint density at radius 3 is 2.47 bits per heavy atom. The number of aryl methyl sites for hydroxylation is 1. The summed E-state index contributed by atoms with van der Waals surface area (Å²) in [6.45, 7) is 0.335. The van der Waals surface area contributed by atoms with E-state index in [2.05, 4.69) is 5.32 Å². The second kappa shape index (κ2) is 8.71. The molecule has 0 bridgehead atoms. The van der Waals surface area contributed by atoms with Crippen LogP contribution in [0.25, 0.3) is 10.9 Å². The fraction of sp³-hybridized carbons (Fsp3) is 0.214. The van der Waals surface area contributed by atoms with Crippen LogP contribution in [0.5, 0.6) is 5.75 Å². The molecule has 2 unspecified atom stereocenters. The van der Waals surface area contributed by atoms with Crippen LogP contribution in [-0.2, 0) is 18.4 Å². The van der Waals surface area contributed by atoms with Gasteiger partial charge in [0.15, 0.2) is 0 Å². The van der Waals surface area contributed by atoms with Crippen molar-refractivity contribution in [2.24, 2.45) is 7.05 Å². The predicted octanol–water partition coefficient (Wildman–Crippen LogP) is 4.41. The average Bonchev–Trinajstić information content (AvgIpc) is 3.20. The van der Waals surface area contributed by atoms with Gasteiger partial charge in [-0.3, -0.25) is 9.59 Å². The largest absolute Gasteiger partial charge is 0.496 e. The third kappa shape index (κ3) is 3.52. The molecule has 2 heterocycles. The fourth-order valence-corrected chi connectivity index (χ4v) is 5.10. The Balaban J connectivity index is 1.59. The molecule has 0 aliphatic carbocycles. The summed E-state index contributed by atoms with van der Waals surface area (Å²) < 4.78 is 7.49. The molecule has 0 spiro atoms. The van der Waals surface area contributed by atoms with Crippen molar-refractivity contribution < 1.29 is 14.3 Å². The quantitative estimate of drug-likeness (QED) is 0.487. The highest BCUT2D eigenvalue weighted by Gasteiger charge is 2.43. The number of hydrogen-bond donors (Lipinski definition) is 1. The maximum atomic E-state index is 13.8. The number of nitrogens with zero attached hydrogens (tertiary/aromatic N) is 2. The number of aromatic nitrogens is 1. The second-order valence-corrected chi connectivity index (χ2v) is 8.67. The predicted molar refractivity (Wildman–Crippen MR) is 132 cm³/mol. The van der Waals surface area contributed by atoms with Crippen molar-refractivity contribution in [3.63, 3.8) is 0 Å². The first kappa shape index (κ1) is 21.8. The number of carbonyl (C=O) groups is 2. The molecule has 1 aromatic heterocycles. The van der Waals surface area contributed by atoms with Crippen LogP contribution in [0.4, 0.5) is 0 Å². The Morgan fingerprint density at radius 2 is 1.65 bits per heavy atom. The first-order chi connectivity index (χ1) is 16.5. The van der Waals surface area contributed by atoms with Gasteiger partial charge in [0, 0.05) is 54.4 Å². The maximum Gasteiger partial charge on any atom is 0.254 e. The molecule has 172 valence electrons. The van der Waals surface area contributed by atoms with E-state index in [9.17, 15) is 9.59 Å². The molecule has 4 aromatic rings. The van der Waals surface area contributed by atoms with Crippen LogP contribution in [0.3, 0.4) is 0 Å². The highest BCUT2D eigenvalue weighted by atomic mass is 16.5. The maximum absolute atomic E-state index is 13.8. The summed E-state index contributed by atoms with van der Waals surface area (Å²) in [5, 5.41) is 4.15. The van der Waals surface area contributed by atoms with E-state index >= 15 is 0 Å². The number of para-hydroxylation sites is 2. The number of ether oxygens (including phenoxy) is 1. The molecule has 0 saturated carbocycles. The van der Waals surface area contributed by atoms with Gasteiger partial charge >= 0.3 is 0 Å². The molecule has 0 fully saturated rings. The molecular weight excluding hydrogens is 426 g/mol. The van der Waals surface area contributed by atoms with Crippen LogP contribution in [0.1, 0.15) is 39.0 Å². The summed E-state index contributed by atoms with van der Waals surface area (Å²) in [5.74, 6) is -0.0397. The zero-order valence-corrected chi connectivity index (χ0v) is 19.5. The van der Waals surface area contributed by atoms with Gasteiger partial charge in [0.25, 0.3) is 5.91 Å². The van der Waals surface area contributed by atoms with Crippen LogP contribution < -0.4 is 10.1 Å². The third-order valence-electron chi connectivity index (χ3n) is 6.75. The number of fused-ring (bicyclic) bond motifs is 2. The molecule has 1 aliphatic rings. The van der Waals surface area contributed by atoms with Crippen molar-refractivity contribution in [2.75, 3.05) is 14.2 Å². The van der Waals surface area contributed by atoms with Gasteiger partial charge in [0.1, 0.15) is 5.75 Å². The van der Waals surface area contributed by atoms with Gasteiger partial charge in [-0.2, -0.15) is 0 Å². The zero-order chi connectivity index (χ0) is 23.8. The summed E-state index contributed by atoms with van der Waals surface area (Å²) >= 11 is 0. The average molecular weight is 454 g/mol. The number of nitrogens with one attached hydrogen (secondary N) is 1. The molecule has 0 radical (unpaired) electrons. The van der Waals surface area contributed by atoms with Crippen molar-refractivity contribution in [3.8, 4) is 5.75 Å². The van der Waals surface area contributed by atoms with Crippen molar-refractivity contribution in [2.45, 2.75) is 18.5 Å². The SMILES string of the molecule is COc1ccccc1CNC(=O)C1c2ccccc2C(=O)N(C)C1c1cn(C)c2ccccc12. The van der Waals surface area contributed by atoms with E-state index in [-0.39, 0.29) is 11.8 Å². The summed E-state index contributed by atoms with van der Waals surface area (Å²) in [6.07, 6.45) is 2.04. The van der Waals surface area contributed by atoms with Crippen LogP contribution in [0, 0.1) is 0 Å². The Bertz CT molecular complexity index is 1390. The molecule has 1 N–H and O–H groups in total. The number of methoxy groups -OCH3 is 1. The molecular formula is C28H27N3O3. The Morgan fingerprint density at radius 1 is 0.941 bits per heavy atom. The number of rotatable bonds is 5. The topological polar surface area (TPSA) is 63.6 Å². The lowest BCUT2D eigenvalue weighted by molar-refractivity contribution is -0.124. The molecule has 6 nitrogen and oxygen atoms in total. The van der Waals surface area contributed by atoms with Gasteiger partial charge in [-0.25, -0.2) is 0 Å². The third-order valence-corrected chi connectivity index (χ3v) is 6.75. The lowest BCUT2D eigenvalue weighted by Crippen LogP contribution is -2.45. The standard InChI is InChI=1S/C28H27N3O3/c1-30-17-22(19-11-7-8-14-23(19)30)26-25(20-12-5-6-13-21(20)28(33)31(26)2)27(32)29-16-18-10-4-9-15-24(18)34-3/h4-15,17,25-26H,16H2,1-3H3,(H,29,32). The van der Waals surface area contributed by atoms with Crippen LogP contribution in [-0.4, -0.2) is 35.4 Å². The van der Waals surface area contributed by atoms with Gasteiger partial charge < -0.3 is 19.5 Å². The van der Waals surface area contributed by atoms with Gasteiger partial charge in [-0.15, -0.1) is 0 Å². The molecule has 1 aliphatic heterocycles. The molecule has 5 rings (SSSR count). The number of carbonyl (C=O) groups excluding carboxylic acids is 2. The molecule has 2 amide bonds. The first-order valence-electron chi connectivity index (χ1n) is 11.3. The van der Waals surface area contributed by atoms with Crippen molar-refractivity contribution in [1.82, 2.24) is 14.8 Å². The van der Waals surface area contributed by atoms with E-state index < -0.39 is 12.0 Å². The smallest absolute Gasteiger partial charge is 0.254 e. The number of likely N-dealkylation sites (N-methyl/N-ethyl adjacent to an activating group) is 1. The molecule has 0 saturated heterocycles. The van der Waals surface area contributed by atoms with Gasteiger partial charge in [0.2, 0.25) is 5.91 Å². The Kier molecular flexibility index (Phi) is 5.57. The summed E-state index contributed by atoms with van der Waals surface area (Å²) in [6, 6.07) is 22.7. The van der Waals surface area contributed by atoms with Crippen molar-refractivity contribution in [3.05, 3.63) is 101 Å². The number of amides is 2. The van der Waals surface area contributed by atoms with E-state index in [0.29, 0.717) is 12.1 Å². The van der Waals surface area contributed by atoms with Crippen LogP contribution in [0.15, 0.2) is 79.0 Å². The summed E-state index contributed by atoms with van der Waals surface area (Å²) in [5.41, 5.74) is 4.24. The Hall–Kier alpha value is -4.06. The summed E-state index contributed by atoms with van der Waals surface area (Å²) in [4.78, 5) is 28.9. The van der Waals surface area contributed by atoms with E-state index in [4.69, 9.17) is 4.74 Å². The molecule has 2 atom stereocenters. The monoisotopic (exact) mass is 453 g/mol. The number of benzene rings is 3. The van der Waals surface area contributed by atoms with Gasteiger partial charge in [-0.05, 0) is 23.8 Å². The molecule has 6 heteroatoms. The minimum atomic E-state index is -0.556. The highest BCUT2D eigenvalue weighted by molar-refractivity contribution is 6.02. The van der Waals surface area contributed by atoms with Crippen LogP contribution >= 0.6 is 0 Å². The normalized spacial score (nSPS) is 17.5. The molecule has 3 aromatic carbocycles. The minimum Gasteiger partial charge on any atom is -0.496 e. The number of hydrogen-bond acceptors (Lipinski definition) is 3. The van der Waals surface area contributed by atoms with E-state index in [1.807, 2.05) is 84.5 Å².